The predicted octanol–water partition coefficient (Wildman–Crippen LogP) is 2.89. The lowest BCUT2D eigenvalue weighted by Gasteiger charge is -2.33. The summed E-state index contributed by atoms with van der Waals surface area (Å²) in [6, 6.07) is 6.29. The molecular formula is C21H33N5O. The molecule has 1 fully saturated rings. The van der Waals surface area contributed by atoms with E-state index in [4.69, 9.17) is 9.72 Å². The van der Waals surface area contributed by atoms with Crippen LogP contribution in [0.3, 0.4) is 0 Å². The highest BCUT2D eigenvalue weighted by Gasteiger charge is 2.24. The van der Waals surface area contributed by atoms with Crippen LogP contribution in [0.2, 0.25) is 0 Å². The van der Waals surface area contributed by atoms with Crippen molar-refractivity contribution in [1.29, 1.82) is 0 Å². The van der Waals surface area contributed by atoms with E-state index in [0.29, 0.717) is 5.92 Å². The summed E-state index contributed by atoms with van der Waals surface area (Å²) in [7, 11) is 4.19. The Hall–Kier alpha value is -1.79. The van der Waals surface area contributed by atoms with E-state index in [2.05, 4.69) is 45.9 Å². The third kappa shape index (κ3) is 4.55. The van der Waals surface area contributed by atoms with Gasteiger partial charge in [0.1, 0.15) is 5.75 Å². The van der Waals surface area contributed by atoms with Crippen molar-refractivity contribution < 1.29 is 4.74 Å². The Morgan fingerprint density at radius 3 is 2.89 bits per heavy atom. The summed E-state index contributed by atoms with van der Waals surface area (Å²) in [6.45, 7) is 7.57. The SMILES string of the molecule is CN(C)CCCOc1ccc2nc3n(c2c1)CC(CN1CCCCC1)CN3. The fourth-order valence-corrected chi connectivity index (χ4v) is 4.27. The highest BCUT2D eigenvalue weighted by atomic mass is 16.5. The molecule has 2 aliphatic heterocycles. The van der Waals surface area contributed by atoms with Crippen LogP contribution >= 0.6 is 0 Å². The van der Waals surface area contributed by atoms with Crippen molar-refractivity contribution in [2.24, 2.45) is 5.92 Å². The minimum atomic E-state index is 0.637. The van der Waals surface area contributed by atoms with E-state index in [1.165, 1.54) is 44.4 Å². The van der Waals surface area contributed by atoms with Crippen molar-refractivity contribution >= 4 is 17.0 Å². The van der Waals surface area contributed by atoms with Crippen LogP contribution < -0.4 is 10.1 Å². The Morgan fingerprint density at radius 1 is 1.22 bits per heavy atom. The van der Waals surface area contributed by atoms with Crippen LogP contribution in [-0.4, -0.2) is 72.8 Å². The Balaban J connectivity index is 1.43. The Morgan fingerprint density at radius 2 is 2.07 bits per heavy atom. The third-order valence-corrected chi connectivity index (χ3v) is 5.69. The third-order valence-electron chi connectivity index (χ3n) is 5.69. The molecule has 2 aromatic rings. The predicted molar refractivity (Wildman–Crippen MR) is 111 cm³/mol. The van der Waals surface area contributed by atoms with Crippen molar-refractivity contribution in [3.05, 3.63) is 18.2 Å². The van der Waals surface area contributed by atoms with E-state index in [1.807, 2.05) is 6.07 Å². The standard InChI is InChI=1S/C21H33N5O/c1-24(2)9-6-12-27-18-7-8-19-20(13-18)26-16-17(14-22-21(26)23-19)15-25-10-4-3-5-11-25/h7-8,13,17H,3-6,9-12,14-16H2,1-2H3,(H,22,23). The summed E-state index contributed by atoms with van der Waals surface area (Å²) in [5.41, 5.74) is 2.24. The Kier molecular flexibility index (Phi) is 5.83. The van der Waals surface area contributed by atoms with E-state index in [1.54, 1.807) is 0 Å². The first kappa shape index (κ1) is 18.6. The number of imidazole rings is 1. The Labute approximate surface area is 162 Å². The van der Waals surface area contributed by atoms with Crippen LogP contribution in [0.25, 0.3) is 11.0 Å². The number of benzene rings is 1. The molecule has 0 saturated carbocycles. The first-order chi connectivity index (χ1) is 13.2. The first-order valence-electron chi connectivity index (χ1n) is 10.4. The maximum atomic E-state index is 5.98. The van der Waals surface area contributed by atoms with Crippen molar-refractivity contribution in [2.45, 2.75) is 32.2 Å². The van der Waals surface area contributed by atoms with Crippen LogP contribution in [0.1, 0.15) is 25.7 Å². The molecule has 0 spiro atoms. The second kappa shape index (κ2) is 8.48. The van der Waals surface area contributed by atoms with Crippen molar-refractivity contribution in [3.63, 3.8) is 0 Å². The molecule has 148 valence electrons. The summed E-state index contributed by atoms with van der Waals surface area (Å²) >= 11 is 0. The van der Waals surface area contributed by atoms with Gasteiger partial charge in [0.25, 0.3) is 0 Å². The largest absolute Gasteiger partial charge is 0.493 e. The van der Waals surface area contributed by atoms with Gasteiger partial charge < -0.3 is 24.4 Å². The molecule has 2 aliphatic rings. The topological polar surface area (TPSA) is 45.6 Å². The molecule has 0 amide bonds. The number of hydrogen-bond acceptors (Lipinski definition) is 5. The minimum absolute atomic E-state index is 0.637. The van der Waals surface area contributed by atoms with Crippen molar-refractivity contribution in [2.75, 3.05) is 58.7 Å². The summed E-state index contributed by atoms with van der Waals surface area (Å²) in [6.07, 6.45) is 5.14. The van der Waals surface area contributed by atoms with Gasteiger partial charge in [-0.3, -0.25) is 0 Å². The molecule has 1 atom stereocenters. The van der Waals surface area contributed by atoms with Crippen LogP contribution in [-0.2, 0) is 6.54 Å². The highest BCUT2D eigenvalue weighted by Crippen LogP contribution is 2.28. The summed E-state index contributed by atoms with van der Waals surface area (Å²) in [5.74, 6) is 2.59. The molecule has 4 rings (SSSR count). The molecule has 1 unspecified atom stereocenters. The van der Waals surface area contributed by atoms with Gasteiger partial charge in [-0.2, -0.15) is 0 Å². The summed E-state index contributed by atoms with van der Waals surface area (Å²) in [4.78, 5) is 9.60. The molecule has 1 saturated heterocycles. The number of aromatic nitrogens is 2. The maximum Gasteiger partial charge on any atom is 0.203 e. The molecule has 1 aromatic carbocycles. The number of anilines is 1. The van der Waals surface area contributed by atoms with Gasteiger partial charge in [-0.05, 0) is 58.6 Å². The number of fused-ring (bicyclic) bond motifs is 3. The van der Waals surface area contributed by atoms with Gasteiger partial charge in [0.2, 0.25) is 5.95 Å². The average Bonchev–Trinajstić information content (AvgIpc) is 3.03. The zero-order valence-corrected chi connectivity index (χ0v) is 16.8. The van der Waals surface area contributed by atoms with Gasteiger partial charge in [0.05, 0.1) is 17.6 Å². The van der Waals surface area contributed by atoms with Crippen molar-refractivity contribution in [1.82, 2.24) is 19.4 Å². The number of nitrogens with one attached hydrogen (secondary N) is 1. The monoisotopic (exact) mass is 371 g/mol. The number of ether oxygens (including phenoxy) is 1. The van der Waals surface area contributed by atoms with E-state index in [9.17, 15) is 0 Å². The van der Waals surface area contributed by atoms with Gasteiger partial charge in [-0.1, -0.05) is 6.42 Å². The maximum absolute atomic E-state index is 5.98. The zero-order valence-electron chi connectivity index (χ0n) is 16.8. The van der Waals surface area contributed by atoms with Gasteiger partial charge >= 0.3 is 0 Å². The molecule has 1 N–H and O–H groups in total. The second-order valence-electron chi connectivity index (χ2n) is 8.31. The molecule has 0 radical (unpaired) electrons. The van der Waals surface area contributed by atoms with E-state index in [-0.39, 0.29) is 0 Å². The van der Waals surface area contributed by atoms with Crippen LogP contribution in [0.4, 0.5) is 5.95 Å². The Bertz CT molecular complexity index is 750. The number of likely N-dealkylation sites (tertiary alicyclic amines) is 1. The van der Waals surface area contributed by atoms with Crippen LogP contribution in [0.15, 0.2) is 18.2 Å². The van der Waals surface area contributed by atoms with E-state index in [0.717, 1.165) is 49.9 Å². The lowest BCUT2D eigenvalue weighted by molar-refractivity contribution is 0.188. The van der Waals surface area contributed by atoms with Gasteiger partial charge in [-0.25, -0.2) is 4.98 Å². The van der Waals surface area contributed by atoms with E-state index < -0.39 is 0 Å². The lowest BCUT2D eigenvalue weighted by atomic mass is 10.0. The zero-order chi connectivity index (χ0) is 18.6. The van der Waals surface area contributed by atoms with Crippen LogP contribution in [0.5, 0.6) is 5.75 Å². The van der Waals surface area contributed by atoms with Gasteiger partial charge in [0.15, 0.2) is 0 Å². The number of hydrogen-bond donors (Lipinski definition) is 1. The average molecular weight is 372 g/mol. The quantitative estimate of drug-likeness (QED) is 0.759. The minimum Gasteiger partial charge on any atom is -0.493 e. The molecule has 0 aliphatic carbocycles. The number of rotatable bonds is 7. The fraction of sp³-hybridized carbons (Fsp3) is 0.667. The summed E-state index contributed by atoms with van der Waals surface area (Å²) in [5, 5.41) is 3.55. The van der Waals surface area contributed by atoms with Crippen LogP contribution in [0, 0.1) is 5.92 Å². The second-order valence-corrected chi connectivity index (χ2v) is 8.31. The smallest absolute Gasteiger partial charge is 0.203 e. The number of piperidine rings is 1. The highest BCUT2D eigenvalue weighted by molar-refractivity contribution is 5.80. The van der Waals surface area contributed by atoms with Crippen molar-refractivity contribution in [3.8, 4) is 5.75 Å². The summed E-state index contributed by atoms with van der Waals surface area (Å²) < 4.78 is 8.32. The molecule has 3 heterocycles. The first-order valence-corrected chi connectivity index (χ1v) is 10.4. The van der Waals surface area contributed by atoms with Gasteiger partial charge in [-0.15, -0.1) is 0 Å². The lowest BCUT2D eigenvalue weighted by Crippen LogP contribution is -2.40. The molecule has 1 aromatic heterocycles. The molecule has 6 heteroatoms. The fourth-order valence-electron chi connectivity index (χ4n) is 4.27. The normalized spacial score (nSPS) is 20.6. The van der Waals surface area contributed by atoms with Gasteiger partial charge in [0, 0.05) is 38.2 Å². The molecule has 27 heavy (non-hydrogen) atoms. The molecule has 6 nitrogen and oxygen atoms in total. The molecule has 0 bridgehead atoms. The number of nitrogens with zero attached hydrogens (tertiary/aromatic N) is 4. The van der Waals surface area contributed by atoms with E-state index >= 15 is 0 Å². The molecular weight excluding hydrogens is 338 g/mol.